The van der Waals surface area contributed by atoms with Crippen molar-refractivity contribution in [2.24, 2.45) is 0 Å². The van der Waals surface area contributed by atoms with E-state index in [1.165, 1.54) is 6.07 Å². The molecule has 2 aromatic rings. The normalized spacial score (nSPS) is 10.2. The van der Waals surface area contributed by atoms with Crippen molar-refractivity contribution in [3.63, 3.8) is 0 Å². The predicted molar refractivity (Wildman–Crippen MR) is 67.3 cm³/mol. The summed E-state index contributed by atoms with van der Waals surface area (Å²) in [6, 6.07) is 4.68. The highest BCUT2D eigenvalue weighted by Gasteiger charge is 2.15. The maximum Gasteiger partial charge on any atom is 0.338 e. The lowest BCUT2D eigenvalue weighted by Crippen LogP contribution is -2.12. The summed E-state index contributed by atoms with van der Waals surface area (Å²) < 4.78 is 4.91. The van der Waals surface area contributed by atoms with Gasteiger partial charge in [-0.2, -0.15) is 0 Å². The molecule has 0 unspecified atom stereocenters. The molecule has 2 aromatic heterocycles. The van der Waals surface area contributed by atoms with Gasteiger partial charge in [-0.15, -0.1) is 0 Å². The van der Waals surface area contributed by atoms with Crippen LogP contribution in [0.4, 0.5) is 5.69 Å². The summed E-state index contributed by atoms with van der Waals surface area (Å²) in [5.74, 6) is -1.71. The number of amides is 1. The van der Waals surface area contributed by atoms with Crippen LogP contribution in [0.2, 0.25) is 0 Å². The van der Waals surface area contributed by atoms with Crippen molar-refractivity contribution in [2.75, 3.05) is 5.32 Å². The highest BCUT2D eigenvalue weighted by molar-refractivity contribution is 6.03. The van der Waals surface area contributed by atoms with Gasteiger partial charge in [-0.1, -0.05) is 0 Å². The summed E-state index contributed by atoms with van der Waals surface area (Å²) in [6.07, 6.45) is 1.03. The fraction of sp³-hybridized carbons (Fsp3) is 0.154. The molecule has 19 heavy (non-hydrogen) atoms. The summed E-state index contributed by atoms with van der Waals surface area (Å²) in [4.78, 5) is 26.8. The molecule has 0 fully saturated rings. The van der Waals surface area contributed by atoms with Crippen LogP contribution in [-0.4, -0.2) is 22.0 Å². The first-order chi connectivity index (χ1) is 8.97. The van der Waals surface area contributed by atoms with Gasteiger partial charge in [0.2, 0.25) is 0 Å². The van der Waals surface area contributed by atoms with E-state index in [0.717, 1.165) is 12.0 Å². The van der Waals surface area contributed by atoms with Crippen molar-refractivity contribution in [1.29, 1.82) is 0 Å². The average molecular weight is 260 g/mol. The molecule has 6 nitrogen and oxygen atoms in total. The second kappa shape index (κ2) is 4.93. The fourth-order valence-electron chi connectivity index (χ4n) is 1.57. The molecule has 2 N–H and O–H groups in total. The number of carboxylic acid groups (broad SMARTS) is 1. The van der Waals surface area contributed by atoms with E-state index in [2.05, 4.69) is 10.3 Å². The molecule has 0 atom stereocenters. The van der Waals surface area contributed by atoms with Crippen LogP contribution in [0.1, 0.15) is 32.3 Å². The van der Waals surface area contributed by atoms with Gasteiger partial charge in [-0.05, 0) is 26.0 Å². The van der Waals surface area contributed by atoms with Crippen LogP contribution in [0.3, 0.4) is 0 Å². The number of anilines is 1. The minimum Gasteiger partial charge on any atom is -0.478 e. The van der Waals surface area contributed by atoms with Crippen molar-refractivity contribution in [1.82, 2.24) is 4.98 Å². The number of carboxylic acids is 1. The quantitative estimate of drug-likeness (QED) is 0.882. The van der Waals surface area contributed by atoms with Crippen molar-refractivity contribution in [2.45, 2.75) is 13.8 Å². The van der Waals surface area contributed by atoms with Crippen molar-refractivity contribution < 1.29 is 19.1 Å². The van der Waals surface area contributed by atoms with Crippen LogP contribution in [-0.2, 0) is 0 Å². The van der Waals surface area contributed by atoms with E-state index in [9.17, 15) is 9.59 Å². The van der Waals surface area contributed by atoms with Gasteiger partial charge in [0, 0.05) is 11.8 Å². The van der Waals surface area contributed by atoms with Crippen LogP contribution >= 0.6 is 0 Å². The third-order valence-corrected chi connectivity index (χ3v) is 2.54. The molecule has 0 spiro atoms. The highest BCUT2D eigenvalue weighted by Crippen LogP contribution is 2.15. The average Bonchev–Trinajstić information content (AvgIpc) is 2.82. The first-order valence-electron chi connectivity index (χ1n) is 5.55. The van der Waals surface area contributed by atoms with E-state index in [-0.39, 0.29) is 11.3 Å². The molecule has 0 aliphatic rings. The number of rotatable bonds is 3. The number of carbonyl (C=O) groups is 2. The number of carbonyl (C=O) groups excluding carboxylic acids is 1. The molecule has 0 saturated carbocycles. The maximum absolute atomic E-state index is 11.9. The summed E-state index contributed by atoms with van der Waals surface area (Å²) >= 11 is 0. The Morgan fingerprint density at radius 2 is 2.05 bits per heavy atom. The Labute approximate surface area is 109 Å². The summed E-state index contributed by atoms with van der Waals surface area (Å²) in [5, 5.41) is 11.4. The molecule has 0 aliphatic carbocycles. The van der Waals surface area contributed by atoms with Gasteiger partial charge in [0.15, 0.2) is 5.76 Å². The molecule has 98 valence electrons. The summed E-state index contributed by atoms with van der Waals surface area (Å²) in [6.45, 7) is 3.62. The molecule has 0 aromatic carbocycles. The van der Waals surface area contributed by atoms with Gasteiger partial charge in [0.05, 0.1) is 16.9 Å². The van der Waals surface area contributed by atoms with Gasteiger partial charge in [-0.25, -0.2) is 4.79 Å². The van der Waals surface area contributed by atoms with Crippen LogP contribution in [0.15, 0.2) is 28.9 Å². The number of hydrogen-bond acceptors (Lipinski definition) is 4. The van der Waals surface area contributed by atoms with Crippen molar-refractivity contribution in [3.8, 4) is 0 Å². The topological polar surface area (TPSA) is 92.4 Å². The lowest BCUT2D eigenvalue weighted by molar-refractivity contribution is 0.0696. The molecule has 2 rings (SSSR count). The first kappa shape index (κ1) is 12.8. The third kappa shape index (κ3) is 2.79. The molecule has 0 aliphatic heterocycles. The molecular formula is C13H12N2O4. The summed E-state index contributed by atoms with van der Waals surface area (Å²) in [5.41, 5.74) is 2.02. The van der Waals surface area contributed by atoms with Crippen molar-refractivity contribution >= 4 is 17.6 Å². The second-order valence-corrected chi connectivity index (χ2v) is 4.04. The Kier molecular flexibility index (Phi) is 3.33. The third-order valence-electron chi connectivity index (χ3n) is 2.54. The largest absolute Gasteiger partial charge is 0.478 e. The first-order valence-corrected chi connectivity index (χ1v) is 5.55. The van der Waals surface area contributed by atoms with Crippen molar-refractivity contribution in [3.05, 3.63) is 47.2 Å². The minimum atomic E-state index is -1.14. The lowest BCUT2D eigenvalue weighted by atomic mass is 10.2. The van der Waals surface area contributed by atoms with E-state index < -0.39 is 11.9 Å². The zero-order valence-electron chi connectivity index (χ0n) is 10.4. The van der Waals surface area contributed by atoms with Crippen LogP contribution in [0.25, 0.3) is 0 Å². The number of aromatic carboxylic acids is 1. The number of aromatic nitrogens is 1. The minimum absolute atomic E-state index is 0.0580. The van der Waals surface area contributed by atoms with E-state index in [4.69, 9.17) is 9.52 Å². The Hall–Kier alpha value is -2.63. The smallest absolute Gasteiger partial charge is 0.338 e. The van der Waals surface area contributed by atoms with Gasteiger partial charge >= 0.3 is 5.97 Å². The SMILES string of the molecule is Cc1ccc(NC(=O)c2cc(C(=O)O)co2)c(C)n1. The fourth-order valence-corrected chi connectivity index (χ4v) is 1.57. The standard InChI is InChI=1S/C13H12N2O4/c1-7-3-4-10(8(2)14-7)15-12(16)11-5-9(6-19-11)13(17)18/h3-6H,1-2H3,(H,15,16)(H,17,18). The van der Waals surface area contributed by atoms with Crippen LogP contribution < -0.4 is 5.32 Å². The number of furan rings is 1. The Balaban J connectivity index is 2.18. The van der Waals surface area contributed by atoms with Gasteiger partial charge in [-0.3, -0.25) is 9.78 Å². The highest BCUT2D eigenvalue weighted by atomic mass is 16.4. The number of hydrogen-bond donors (Lipinski definition) is 2. The zero-order chi connectivity index (χ0) is 14.0. The van der Waals surface area contributed by atoms with Gasteiger partial charge in [0.1, 0.15) is 6.26 Å². The number of nitrogens with one attached hydrogen (secondary N) is 1. The second-order valence-electron chi connectivity index (χ2n) is 4.04. The molecule has 0 saturated heterocycles. The Morgan fingerprint density at radius 3 is 2.63 bits per heavy atom. The molecule has 2 heterocycles. The molecule has 1 amide bonds. The summed E-state index contributed by atoms with van der Waals surface area (Å²) in [7, 11) is 0. The number of nitrogens with zero attached hydrogens (tertiary/aromatic N) is 1. The zero-order valence-corrected chi connectivity index (χ0v) is 10.4. The molecular weight excluding hydrogens is 248 g/mol. The monoisotopic (exact) mass is 260 g/mol. The maximum atomic E-state index is 11.9. The van der Waals surface area contributed by atoms with Gasteiger partial charge in [0.25, 0.3) is 5.91 Å². The van der Waals surface area contributed by atoms with E-state index in [1.54, 1.807) is 19.1 Å². The predicted octanol–water partition coefficient (Wildman–Crippen LogP) is 2.24. The van der Waals surface area contributed by atoms with Crippen LogP contribution in [0.5, 0.6) is 0 Å². The van der Waals surface area contributed by atoms with E-state index in [0.29, 0.717) is 11.4 Å². The Bertz CT molecular complexity index is 646. The van der Waals surface area contributed by atoms with Gasteiger partial charge < -0.3 is 14.8 Å². The number of aryl methyl sites for hydroxylation is 2. The van der Waals surface area contributed by atoms with E-state index in [1.807, 2.05) is 6.92 Å². The number of pyridine rings is 1. The van der Waals surface area contributed by atoms with E-state index >= 15 is 0 Å². The molecule has 6 heteroatoms. The molecule has 0 radical (unpaired) electrons. The van der Waals surface area contributed by atoms with Crippen LogP contribution in [0, 0.1) is 13.8 Å². The molecule has 0 bridgehead atoms. The lowest BCUT2D eigenvalue weighted by Gasteiger charge is -2.06. The Morgan fingerprint density at radius 1 is 1.32 bits per heavy atom.